The summed E-state index contributed by atoms with van der Waals surface area (Å²) >= 11 is 0. The van der Waals surface area contributed by atoms with E-state index in [0.29, 0.717) is 23.4 Å². The zero-order chi connectivity index (χ0) is 17.8. The minimum absolute atomic E-state index is 0.0414. The Hall–Kier alpha value is -3.39. The highest BCUT2D eigenvalue weighted by Gasteiger charge is 2.13. The molecular formula is C20H15FN2O2. The Labute approximate surface area is 144 Å². The number of hydrogen-bond donors (Lipinski definition) is 1. The number of ether oxygens (including phenoxy) is 1. The van der Waals surface area contributed by atoms with Crippen LogP contribution < -0.4 is 10.3 Å². The molecule has 0 aliphatic carbocycles. The number of pyridine rings is 1. The molecule has 0 fully saturated rings. The third kappa shape index (κ3) is 3.43. The average Bonchev–Trinajstić information content (AvgIpc) is 2.62. The smallest absolute Gasteiger partial charge is 0.266 e. The van der Waals surface area contributed by atoms with Gasteiger partial charge in [0.1, 0.15) is 23.2 Å². The molecule has 5 heteroatoms. The molecule has 1 heterocycles. The van der Waals surface area contributed by atoms with Crippen molar-refractivity contribution in [2.24, 2.45) is 0 Å². The van der Waals surface area contributed by atoms with E-state index in [0.717, 1.165) is 11.3 Å². The molecule has 0 aliphatic rings. The molecule has 3 rings (SSSR count). The van der Waals surface area contributed by atoms with Gasteiger partial charge in [-0.3, -0.25) is 4.79 Å². The molecule has 0 atom stereocenters. The van der Waals surface area contributed by atoms with Crippen molar-refractivity contribution in [1.82, 2.24) is 4.98 Å². The van der Waals surface area contributed by atoms with Gasteiger partial charge in [0.15, 0.2) is 0 Å². The zero-order valence-corrected chi connectivity index (χ0v) is 13.5. The molecule has 0 unspecified atom stereocenters. The van der Waals surface area contributed by atoms with Gasteiger partial charge in [0.2, 0.25) is 0 Å². The lowest BCUT2D eigenvalue weighted by Gasteiger charge is -2.09. The van der Waals surface area contributed by atoms with Crippen LogP contribution >= 0.6 is 0 Å². The monoisotopic (exact) mass is 334 g/mol. The lowest BCUT2D eigenvalue weighted by atomic mass is 9.99. The number of halogens is 1. The van der Waals surface area contributed by atoms with Crippen LogP contribution in [0.3, 0.4) is 0 Å². The lowest BCUT2D eigenvalue weighted by molar-refractivity contribution is 0.340. The normalized spacial score (nSPS) is 10.3. The highest BCUT2D eigenvalue weighted by Crippen LogP contribution is 2.27. The molecule has 0 bridgehead atoms. The number of aromatic amines is 1. The summed E-state index contributed by atoms with van der Waals surface area (Å²) in [6, 6.07) is 16.7. The molecule has 3 aromatic rings. The van der Waals surface area contributed by atoms with Gasteiger partial charge in [-0.15, -0.1) is 0 Å². The zero-order valence-electron chi connectivity index (χ0n) is 13.5. The quantitative estimate of drug-likeness (QED) is 0.780. The van der Waals surface area contributed by atoms with E-state index in [9.17, 15) is 14.4 Å². The minimum Gasteiger partial charge on any atom is -0.494 e. The van der Waals surface area contributed by atoms with Crippen LogP contribution in [0.2, 0.25) is 0 Å². The van der Waals surface area contributed by atoms with Gasteiger partial charge in [-0.25, -0.2) is 4.39 Å². The lowest BCUT2D eigenvalue weighted by Crippen LogP contribution is -2.12. The van der Waals surface area contributed by atoms with E-state index >= 15 is 0 Å². The summed E-state index contributed by atoms with van der Waals surface area (Å²) in [7, 11) is 0. The summed E-state index contributed by atoms with van der Waals surface area (Å²) in [5.41, 5.74) is 1.65. The molecular weight excluding hydrogens is 319 g/mol. The minimum atomic E-state index is -0.506. The first-order valence-corrected chi connectivity index (χ1v) is 7.79. The molecule has 2 aromatic carbocycles. The molecule has 124 valence electrons. The highest BCUT2D eigenvalue weighted by atomic mass is 19.1. The number of H-pyrrole nitrogens is 1. The van der Waals surface area contributed by atoms with Crippen molar-refractivity contribution in [3.05, 3.63) is 76.3 Å². The number of nitriles is 1. The van der Waals surface area contributed by atoms with Gasteiger partial charge >= 0.3 is 0 Å². The second-order valence-electron chi connectivity index (χ2n) is 5.38. The van der Waals surface area contributed by atoms with Gasteiger partial charge in [-0.2, -0.15) is 5.26 Å². The van der Waals surface area contributed by atoms with Crippen molar-refractivity contribution < 1.29 is 9.13 Å². The number of benzene rings is 2. The molecule has 0 aliphatic heterocycles. The van der Waals surface area contributed by atoms with Crippen LogP contribution in [0.15, 0.2) is 59.4 Å². The molecule has 1 N–H and O–H groups in total. The van der Waals surface area contributed by atoms with Gasteiger partial charge in [-0.1, -0.05) is 12.1 Å². The van der Waals surface area contributed by atoms with Crippen LogP contribution in [0.25, 0.3) is 22.4 Å². The van der Waals surface area contributed by atoms with Crippen LogP contribution in [0, 0.1) is 17.1 Å². The first kappa shape index (κ1) is 16.5. The summed E-state index contributed by atoms with van der Waals surface area (Å²) in [4.78, 5) is 15.0. The van der Waals surface area contributed by atoms with Crippen LogP contribution in [0.4, 0.5) is 4.39 Å². The van der Waals surface area contributed by atoms with Crippen molar-refractivity contribution in [3.63, 3.8) is 0 Å². The van der Waals surface area contributed by atoms with E-state index in [1.807, 2.05) is 25.1 Å². The number of rotatable bonds is 4. The van der Waals surface area contributed by atoms with Crippen LogP contribution in [-0.2, 0) is 0 Å². The fourth-order valence-corrected chi connectivity index (χ4v) is 2.61. The van der Waals surface area contributed by atoms with E-state index in [2.05, 4.69) is 4.98 Å². The molecule has 0 radical (unpaired) electrons. The van der Waals surface area contributed by atoms with E-state index in [1.54, 1.807) is 30.3 Å². The Kier molecular flexibility index (Phi) is 4.62. The first-order valence-electron chi connectivity index (χ1n) is 7.79. The van der Waals surface area contributed by atoms with Gasteiger partial charge < -0.3 is 9.72 Å². The van der Waals surface area contributed by atoms with Crippen LogP contribution in [-0.4, -0.2) is 11.6 Å². The maximum atomic E-state index is 13.5. The molecule has 25 heavy (non-hydrogen) atoms. The molecule has 4 nitrogen and oxygen atoms in total. The summed E-state index contributed by atoms with van der Waals surface area (Å²) in [6.45, 7) is 2.47. The number of hydrogen-bond acceptors (Lipinski definition) is 3. The van der Waals surface area contributed by atoms with E-state index in [4.69, 9.17) is 4.74 Å². The Morgan fingerprint density at radius 2 is 1.88 bits per heavy atom. The Balaban J connectivity index is 2.14. The Morgan fingerprint density at radius 1 is 1.12 bits per heavy atom. The topological polar surface area (TPSA) is 65.9 Å². The SMILES string of the molecule is CCOc1ccc(-c2cc(-c3cccc(F)c3)c(C#N)c(=O)[nH]2)cc1. The van der Waals surface area contributed by atoms with Crippen molar-refractivity contribution >= 4 is 0 Å². The summed E-state index contributed by atoms with van der Waals surface area (Å²) in [5.74, 6) is 0.303. The largest absolute Gasteiger partial charge is 0.494 e. The fourth-order valence-electron chi connectivity index (χ4n) is 2.61. The third-order valence-corrected chi connectivity index (χ3v) is 3.76. The van der Waals surface area contributed by atoms with Crippen molar-refractivity contribution in [1.29, 1.82) is 5.26 Å². The predicted octanol–water partition coefficient (Wildman–Crippen LogP) is 4.12. The van der Waals surface area contributed by atoms with Gasteiger partial charge in [0.05, 0.1) is 6.61 Å². The molecule has 0 amide bonds. The molecule has 0 spiro atoms. The van der Waals surface area contributed by atoms with E-state index < -0.39 is 11.4 Å². The maximum Gasteiger partial charge on any atom is 0.266 e. The van der Waals surface area contributed by atoms with Gasteiger partial charge in [0, 0.05) is 11.3 Å². The number of nitrogens with zero attached hydrogens (tertiary/aromatic N) is 1. The molecule has 0 saturated carbocycles. The summed E-state index contributed by atoms with van der Waals surface area (Å²) in [6.07, 6.45) is 0. The average molecular weight is 334 g/mol. The number of aromatic nitrogens is 1. The Morgan fingerprint density at radius 3 is 2.52 bits per heavy atom. The maximum absolute atomic E-state index is 13.5. The number of nitrogens with one attached hydrogen (secondary N) is 1. The van der Waals surface area contributed by atoms with E-state index in [1.165, 1.54) is 12.1 Å². The fraction of sp³-hybridized carbons (Fsp3) is 0.100. The van der Waals surface area contributed by atoms with Crippen LogP contribution in [0.1, 0.15) is 12.5 Å². The van der Waals surface area contributed by atoms with E-state index in [-0.39, 0.29) is 5.56 Å². The predicted molar refractivity (Wildman–Crippen MR) is 93.8 cm³/mol. The highest BCUT2D eigenvalue weighted by molar-refractivity contribution is 5.75. The third-order valence-electron chi connectivity index (χ3n) is 3.76. The second kappa shape index (κ2) is 7.02. The van der Waals surface area contributed by atoms with Crippen LogP contribution in [0.5, 0.6) is 5.75 Å². The van der Waals surface area contributed by atoms with Crippen molar-refractivity contribution in [2.75, 3.05) is 6.61 Å². The van der Waals surface area contributed by atoms with Crippen molar-refractivity contribution in [3.8, 4) is 34.2 Å². The van der Waals surface area contributed by atoms with Gasteiger partial charge in [0.25, 0.3) is 5.56 Å². The molecule has 1 aromatic heterocycles. The standard InChI is InChI=1S/C20H15FN2O2/c1-2-25-16-8-6-13(7-9-16)19-11-17(18(12-22)20(24)23-19)14-4-3-5-15(21)10-14/h3-11H,2H2,1H3,(H,23,24). The van der Waals surface area contributed by atoms with Crippen molar-refractivity contribution in [2.45, 2.75) is 6.92 Å². The molecule has 0 saturated heterocycles. The second-order valence-corrected chi connectivity index (χ2v) is 5.38. The Bertz CT molecular complexity index is 1000. The van der Waals surface area contributed by atoms with Gasteiger partial charge in [-0.05, 0) is 60.5 Å². The summed E-state index contributed by atoms with van der Waals surface area (Å²) < 4.78 is 19.0. The first-order chi connectivity index (χ1) is 12.1. The summed E-state index contributed by atoms with van der Waals surface area (Å²) in [5, 5.41) is 9.31.